The third-order valence-electron chi connectivity index (χ3n) is 2.28. The van der Waals surface area contributed by atoms with Gasteiger partial charge >= 0.3 is 0 Å². The van der Waals surface area contributed by atoms with Gasteiger partial charge in [-0.2, -0.15) is 5.26 Å². The zero-order valence-corrected chi connectivity index (χ0v) is 10.4. The van der Waals surface area contributed by atoms with E-state index in [0.29, 0.717) is 10.6 Å². The molecule has 0 fully saturated rings. The molecule has 0 spiro atoms. The van der Waals surface area contributed by atoms with Crippen molar-refractivity contribution in [2.45, 2.75) is 13.8 Å². The average Bonchev–Trinajstić information content (AvgIpc) is 2.25. The zero-order valence-electron chi connectivity index (χ0n) is 9.63. The maximum absolute atomic E-state index is 8.79. The molecule has 0 atom stereocenters. The Balaban J connectivity index is 2.99. The summed E-state index contributed by atoms with van der Waals surface area (Å²) in [6.07, 6.45) is 0. The van der Waals surface area contributed by atoms with Gasteiger partial charge in [-0.1, -0.05) is 23.8 Å². The Morgan fingerprint density at radius 2 is 2.25 bits per heavy atom. The van der Waals surface area contributed by atoms with Crippen molar-refractivity contribution >= 4 is 17.3 Å². The minimum Gasteiger partial charge on any atom is -0.368 e. The molecule has 84 valence electrons. The number of hydrogen-bond donors (Lipinski definition) is 0. The van der Waals surface area contributed by atoms with E-state index in [0.717, 1.165) is 24.4 Å². The van der Waals surface area contributed by atoms with Crippen LogP contribution in [0.1, 0.15) is 19.4 Å². The molecule has 0 saturated carbocycles. The fourth-order valence-electron chi connectivity index (χ4n) is 1.50. The molecular formula is C13H15ClN2. The summed E-state index contributed by atoms with van der Waals surface area (Å²) in [6, 6.07) is 7.54. The summed E-state index contributed by atoms with van der Waals surface area (Å²) < 4.78 is 0. The van der Waals surface area contributed by atoms with E-state index < -0.39 is 0 Å². The fourth-order valence-corrected chi connectivity index (χ4v) is 1.72. The predicted octanol–water partition coefficient (Wildman–Crippen LogP) is 3.61. The van der Waals surface area contributed by atoms with E-state index in [1.54, 1.807) is 6.07 Å². The van der Waals surface area contributed by atoms with E-state index in [4.69, 9.17) is 16.9 Å². The molecular weight excluding hydrogens is 220 g/mol. The van der Waals surface area contributed by atoms with E-state index in [9.17, 15) is 0 Å². The van der Waals surface area contributed by atoms with Crippen molar-refractivity contribution in [3.05, 3.63) is 40.9 Å². The van der Waals surface area contributed by atoms with Gasteiger partial charge in [0.15, 0.2) is 0 Å². The van der Waals surface area contributed by atoms with Crippen molar-refractivity contribution in [2.24, 2.45) is 0 Å². The van der Waals surface area contributed by atoms with Crippen molar-refractivity contribution in [3.63, 3.8) is 0 Å². The third-order valence-corrected chi connectivity index (χ3v) is 2.59. The van der Waals surface area contributed by atoms with E-state index in [1.165, 1.54) is 0 Å². The van der Waals surface area contributed by atoms with Crippen LogP contribution in [-0.4, -0.2) is 13.1 Å². The number of anilines is 1. The first-order chi connectivity index (χ1) is 7.58. The SMILES string of the molecule is C=C(C)CN(CC)c1ccc(C#N)c(Cl)c1. The number of nitrogens with zero attached hydrogens (tertiary/aromatic N) is 2. The second kappa shape index (κ2) is 5.58. The van der Waals surface area contributed by atoms with E-state index in [2.05, 4.69) is 24.5 Å². The van der Waals surface area contributed by atoms with Crippen LogP contribution >= 0.6 is 11.6 Å². The normalized spacial score (nSPS) is 9.62. The molecule has 0 heterocycles. The highest BCUT2D eigenvalue weighted by Gasteiger charge is 2.07. The molecule has 0 radical (unpaired) electrons. The quantitative estimate of drug-likeness (QED) is 0.745. The minimum atomic E-state index is 0.500. The maximum Gasteiger partial charge on any atom is 0.101 e. The molecule has 0 aliphatic rings. The van der Waals surface area contributed by atoms with Gasteiger partial charge < -0.3 is 4.90 Å². The van der Waals surface area contributed by atoms with E-state index in [1.807, 2.05) is 19.1 Å². The third kappa shape index (κ3) is 3.01. The molecule has 0 aliphatic carbocycles. The lowest BCUT2D eigenvalue weighted by molar-refractivity contribution is 0.880. The Labute approximate surface area is 102 Å². The van der Waals surface area contributed by atoms with Gasteiger partial charge in [-0.05, 0) is 32.0 Å². The van der Waals surface area contributed by atoms with Gasteiger partial charge in [-0.25, -0.2) is 0 Å². The molecule has 0 aliphatic heterocycles. The first-order valence-corrected chi connectivity index (χ1v) is 5.55. The van der Waals surface area contributed by atoms with E-state index in [-0.39, 0.29) is 0 Å². The van der Waals surface area contributed by atoms with Crippen molar-refractivity contribution in [2.75, 3.05) is 18.0 Å². The molecule has 0 saturated heterocycles. The standard InChI is InChI=1S/C13H15ClN2/c1-4-16(9-10(2)3)12-6-5-11(8-15)13(14)7-12/h5-7H,2,4,9H2,1,3H3. The lowest BCUT2D eigenvalue weighted by Gasteiger charge is -2.23. The number of rotatable bonds is 4. The number of hydrogen-bond acceptors (Lipinski definition) is 2. The average molecular weight is 235 g/mol. The summed E-state index contributed by atoms with van der Waals surface area (Å²) in [5.74, 6) is 0. The lowest BCUT2D eigenvalue weighted by atomic mass is 10.2. The van der Waals surface area contributed by atoms with Gasteiger partial charge in [-0.15, -0.1) is 0 Å². The smallest absolute Gasteiger partial charge is 0.101 e. The predicted molar refractivity (Wildman–Crippen MR) is 68.9 cm³/mol. The molecule has 0 aromatic heterocycles. The van der Waals surface area contributed by atoms with Gasteiger partial charge in [-0.3, -0.25) is 0 Å². The Hall–Kier alpha value is -1.46. The minimum absolute atomic E-state index is 0.500. The summed E-state index contributed by atoms with van der Waals surface area (Å²) >= 11 is 6.00. The molecule has 0 bridgehead atoms. The van der Waals surface area contributed by atoms with Gasteiger partial charge in [0.1, 0.15) is 6.07 Å². The van der Waals surface area contributed by atoms with E-state index >= 15 is 0 Å². The topological polar surface area (TPSA) is 27.0 Å². The fraction of sp³-hybridized carbons (Fsp3) is 0.308. The van der Waals surface area contributed by atoms with Crippen LogP contribution in [0.25, 0.3) is 0 Å². The van der Waals surface area contributed by atoms with Crippen molar-refractivity contribution in [1.82, 2.24) is 0 Å². The van der Waals surface area contributed by atoms with Crippen molar-refractivity contribution in [3.8, 4) is 6.07 Å². The first kappa shape index (κ1) is 12.6. The summed E-state index contributed by atoms with van der Waals surface area (Å²) in [6.45, 7) is 9.66. The van der Waals surface area contributed by atoms with Gasteiger partial charge in [0.05, 0.1) is 10.6 Å². The maximum atomic E-state index is 8.79. The van der Waals surface area contributed by atoms with Crippen LogP contribution in [0.2, 0.25) is 5.02 Å². The molecule has 16 heavy (non-hydrogen) atoms. The molecule has 0 amide bonds. The molecule has 1 aromatic rings. The highest BCUT2D eigenvalue weighted by atomic mass is 35.5. The summed E-state index contributed by atoms with van der Waals surface area (Å²) in [7, 11) is 0. The van der Waals surface area contributed by atoms with Crippen LogP contribution in [-0.2, 0) is 0 Å². The second-order valence-electron chi connectivity index (χ2n) is 3.75. The van der Waals surface area contributed by atoms with Crippen LogP contribution in [0.3, 0.4) is 0 Å². The van der Waals surface area contributed by atoms with Crippen molar-refractivity contribution in [1.29, 1.82) is 5.26 Å². The highest BCUT2D eigenvalue weighted by molar-refractivity contribution is 6.32. The number of halogens is 1. The van der Waals surface area contributed by atoms with Gasteiger partial charge in [0.25, 0.3) is 0 Å². The Bertz CT molecular complexity index is 432. The van der Waals surface area contributed by atoms with Crippen molar-refractivity contribution < 1.29 is 0 Å². The van der Waals surface area contributed by atoms with Crippen LogP contribution in [0, 0.1) is 11.3 Å². The van der Waals surface area contributed by atoms with Crippen LogP contribution < -0.4 is 4.90 Å². The Morgan fingerprint density at radius 3 is 2.69 bits per heavy atom. The molecule has 3 heteroatoms. The molecule has 1 rings (SSSR count). The number of benzene rings is 1. The Kier molecular flexibility index (Phi) is 4.39. The lowest BCUT2D eigenvalue weighted by Crippen LogP contribution is -2.24. The zero-order chi connectivity index (χ0) is 12.1. The summed E-state index contributed by atoms with van der Waals surface area (Å²) in [5, 5.41) is 9.29. The number of likely N-dealkylation sites (N-methyl/N-ethyl adjacent to an activating group) is 1. The van der Waals surface area contributed by atoms with Crippen LogP contribution in [0.5, 0.6) is 0 Å². The van der Waals surface area contributed by atoms with Gasteiger partial charge in [0, 0.05) is 18.8 Å². The highest BCUT2D eigenvalue weighted by Crippen LogP contribution is 2.23. The van der Waals surface area contributed by atoms with Crippen LogP contribution in [0.4, 0.5) is 5.69 Å². The van der Waals surface area contributed by atoms with Crippen LogP contribution in [0.15, 0.2) is 30.4 Å². The molecule has 2 nitrogen and oxygen atoms in total. The summed E-state index contributed by atoms with van der Waals surface area (Å²) in [4.78, 5) is 2.16. The molecule has 0 N–H and O–H groups in total. The molecule has 0 unspecified atom stereocenters. The Morgan fingerprint density at radius 1 is 1.56 bits per heavy atom. The molecule has 1 aromatic carbocycles. The number of nitriles is 1. The summed E-state index contributed by atoms with van der Waals surface area (Å²) in [5.41, 5.74) is 2.63. The largest absolute Gasteiger partial charge is 0.368 e. The van der Waals surface area contributed by atoms with Gasteiger partial charge in [0.2, 0.25) is 0 Å². The second-order valence-corrected chi connectivity index (χ2v) is 4.15. The monoisotopic (exact) mass is 234 g/mol. The first-order valence-electron chi connectivity index (χ1n) is 5.17.